The van der Waals surface area contributed by atoms with Crippen LogP contribution in [-0.2, 0) is 28.4 Å². The molecular weight excluding hydrogens is 340 g/mol. The highest BCUT2D eigenvalue weighted by Crippen LogP contribution is 2.45. The Bertz CT molecular complexity index is 707. The van der Waals surface area contributed by atoms with Crippen molar-refractivity contribution in [3.05, 3.63) is 17.5 Å². The molecule has 8 heteroatoms. The van der Waals surface area contributed by atoms with Crippen molar-refractivity contribution in [2.24, 2.45) is 18.4 Å². The van der Waals surface area contributed by atoms with Crippen LogP contribution >= 0.6 is 0 Å². The van der Waals surface area contributed by atoms with E-state index in [9.17, 15) is 8.42 Å². The summed E-state index contributed by atoms with van der Waals surface area (Å²) in [6.07, 6.45) is 3.35. The van der Waals surface area contributed by atoms with E-state index in [1.165, 1.54) is 11.9 Å². The van der Waals surface area contributed by atoms with E-state index in [1.54, 1.807) is 11.4 Å². The van der Waals surface area contributed by atoms with Gasteiger partial charge in [0, 0.05) is 39.7 Å². The Morgan fingerprint density at radius 2 is 2.04 bits per heavy atom. The Hall–Kier alpha value is -0.960. The molecule has 3 rings (SSSR count). The molecule has 2 saturated heterocycles. The van der Waals surface area contributed by atoms with Gasteiger partial charge in [-0.25, -0.2) is 12.7 Å². The van der Waals surface area contributed by atoms with E-state index in [2.05, 4.69) is 16.1 Å². The Morgan fingerprint density at radius 1 is 1.36 bits per heavy atom. The molecule has 0 aromatic carbocycles. The lowest BCUT2D eigenvalue weighted by Gasteiger charge is -2.42. The number of rotatable bonds is 5. The molecule has 1 aromatic heterocycles. The number of sulfonamides is 1. The molecule has 2 aliphatic rings. The van der Waals surface area contributed by atoms with Crippen molar-refractivity contribution in [3.8, 4) is 0 Å². The highest BCUT2D eigenvalue weighted by atomic mass is 32.2. The second-order valence-corrected chi connectivity index (χ2v) is 9.73. The van der Waals surface area contributed by atoms with E-state index in [1.807, 2.05) is 18.7 Å². The molecular formula is C17H30N4O3S. The maximum Gasteiger partial charge on any atom is 0.211 e. The number of piperidine rings is 1. The molecule has 0 radical (unpaired) electrons. The van der Waals surface area contributed by atoms with Crippen LogP contribution in [0.4, 0.5) is 0 Å². The fourth-order valence-electron chi connectivity index (χ4n) is 4.43. The first kappa shape index (κ1) is 18.8. The van der Waals surface area contributed by atoms with Crippen LogP contribution < -0.4 is 0 Å². The summed E-state index contributed by atoms with van der Waals surface area (Å²) in [5.41, 5.74) is 2.33. The van der Waals surface area contributed by atoms with Gasteiger partial charge in [0.1, 0.15) is 0 Å². The molecule has 2 aliphatic heterocycles. The maximum atomic E-state index is 12.0. The quantitative estimate of drug-likeness (QED) is 0.769. The van der Waals surface area contributed by atoms with Gasteiger partial charge in [-0.3, -0.25) is 9.58 Å². The average Bonchev–Trinajstić information content (AvgIpc) is 3.03. The monoisotopic (exact) mass is 370 g/mol. The second-order valence-electron chi connectivity index (χ2n) is 7.75. The van der Waals surface area contributed by atoms with Crippen LogP contribution in [0.1, 0.15) is 24.2 Å². The van der Waals surface area contributed by atoms with E-state index in [0.29, 0.717) is 19.7 Å². The van der Waals surface area contributed by atoms with Gasteiger partial charge >= 0.3 is 0 Å². The van der Waals surface area contributed by atoms with Gasteiger partial charge < -0.3 is 4.74 Å². The van der Waals surface area contributed by atoms with Crippen molar-refractivity contribution >= 4 is 10.0 Å². The zero-order valence-corrected chi connectivity index (χ0v) is 16.5. The third-order valence-electron chi connectivity index (χ3n) is 5.95. The van der Waals surface area contributed by atoms with E-state index in [0.717, 1.165) is 38.2 Å². The molecule has 25 heavy (non-hydrogen) atoms. The molecule has 0 saturated carbocycles. The Labute approximate surface area is 151 Å². The predicted octanol–water partition coefficient (Wildman–Crippen LogP) is 0.849. The van der Waals surface area contributed by atoms with Crippen molar-refractivity contribution in [1.82, 2.24) is 19.0 Å². The summed E-state index contributed by atoms with van der Waals surface area (Å²) in [5, 5.41) is 4.42. The molecule has 0 bridgehead atoms. The predicted molar refractivity (Wildman–Crippen MR) is 96.7 cm³/mol. The van der Waals surface area contributed by atoms with Crippen molar-refractivity contribution in [2.75, 3.05) is 46.2 Å². The van der Waals surface area contributed by atoms with Crippen LogP contribution in [0, 0.1) is 18.3 Å². The van der Waals surface area contributed by atoms with Crippen LogP contribution in [0.5, 0.6) is 0 Å². The Morgan fingerprint density at radius 3 is 2.56 bits per heavy atom. The fourth-order valence-corrected chi connectivity index (χ4v) is 5.37. The highest BCUT2D eigenvalue weighted by molar-refractivity contribution is 7.88. The molecule has 2 fully saturated rings. The molecule has 0 aliphatic carbocycles. The number of aryl methyl sites for hydroxylation is 2. The zero-order valence-electron chi connectivity index (χ0n) is 15.7. The molecule has 3 heterocycles. The molecule has 1 unspecified atom stereocenters. The standard InChI is InChI=1S/C17H30N4O3S/c1-14-9-16(19(2)18-14)11-20-7-5-17(6-8-20)13-21(25(4,22)23)10-15(17)12-24-3/h9,15H,5-8,10-13H2,1-4H3. The number of methoxy groups -OCH3 is 1. The number of likely N-dealkylation sites (tertiary alicyclic amines) is 1. The Balaban J connectivity index is 1.67. The maximum absolute atomic E-state index is 12.0. The molecule has 7 nitrogen and oxygen atoms in total. The van der Waals surface area contributed by atoms with Crippen molar-refractivity contribution in [1.29, 1.82) is 0 Å². The number of ether oxygens (including phenoxy) is 1. The van der Waals surface area contributed by atoms with Crippen LogP contribution in [-0.4, -0.2) is 73.6 Å². The van der Waals surface area contributed by atoms with Gasteiger partial charge in [0.25, 0.3) is 0 Å². The first-order valence-corrected chi connectivity index (χ1v) is 10.7. The fraction of sp³-hybridized carbons (Fsp3) is 0.824. The summed E-state index contributed by atoms with van der Waals surface area (Å²) in [6.45, 7) is 6.75. The summed E-state index contributed by atoms with van der Waals surface area (Å²) in [7, 11) is 0.553. The zero-order chi connectivity index (χ0) is 18.2. The number of aromatic nitrogens is 2. The molecule has 1 spiro atoms. The van der Waals surface area contributed by atoms with Gasteiger partial charge in [-0.15, -0.1) is 0 Å². The molecule has 1 aromatic rings. The molecule has 142 valence electrons. The summed E-state index contributed by atoms with van der Waals surface area (Å²) < 4.78 is 33.1. The number of hydrogen-bond donors (Lipinski definition) is 0. The van der Waals surface area contributed by atoms with E-state index in [-0.39, 0.29) is 11.3 Å². The van der Waals surface area contributed by atoms with E-state index >= 15 is 0 Å². The lowest BCUT2D eigenvalue weighted by molar-refractivity contribution is 0.0351. The first-order valence-electron chi connectivity index (χ1n) is 8.89. The summed E-state index contributed by atoms with van der Waals surface area (Å²) in [4.78, 5) is 2.45. The van der Waals surface area contributed by atoms with Gasteiger partial charge in [-0.2, -0.15) is 5.10 Å². The van der Waals surface area contributed by atoms with Gasteiger partial charge in [-0.05, 0) is 44.3 Å². The lowest BCUT2D eigenvalue weighted by atomic mass is 9.71. The van der Waals surface area contributed by atoms with Crippen molar-refractivity contribution in [3.63, 3.8) is 0 Å². The lowest BCUT2D eigenvalue weighted by Crippen LogP contribution is -2.45. The minimum absolute atomic E-state index is 0.0535. The number of nitrogens with zero attached hydrogens (tertiary/aromatic N) is 4. The average molecular weight is 371 g/mol. The SMILES string of the molecule is COCC1CN(S(C)(=O)=O)CC12CCN(Cc1cc(C)nn1C)CC2. The van der Waals surface area contributed by atoms with Gasteiger partial charge in [0.15, 0.2) is 0 Å². The van der Waals surface area contributed by atoms with E-state index in [4.69, 9.17) is 4.74 Å². The Kier molecular flexibility index (Phi) is 5.26. The third kappa shape index (κ3) is 3.92. The van der Waals surface area contributed by atoms with Crippen LogP contribution in [0.2, 0.25) is 0 Å². The largest absolute Gasteiger partial charge is 0.384 e. The van der Waals surface area contributed by atoms with Gasteiger partial charge in [-0.1, -0.05) is 0 Å². The molecule has 0 amide bonds. The van der Waals surface area contributed by atoms with Gasteiger partial charge in [0.05, 0.1) is 24.3 Å². The van der Waals surface area contributed by atoms with Gasteiger partial charge in [0.2, 0.25) is 10.0 Å². The van der Waals surface area contributed by atoms with Crippen LogP contribution in [0.25, 0.3) is 0 Å². The smallest absolute Gasteiger partial charge is 0.211 e. The van der Waals surface area contributed by atoms with E-state index < -0.39 is 10.0 Å². The molecule has 0 N–H and O–H groups in total. The minimum atomic E-state index is -3.14. The minimum Gasteiger partial charge on any atom is -0.384 e. The highest BCUT2D eigenvalue weighted by Gasteiger charge is 2.50. The van der Waals surface area contributed by atoms with Crippen LogP contribution in [0.3, 0.4) is 0 Å². The van der Waals surface area contributed by atoms with Crippen LogP contribution in [0.15, 0.2) is 6.07 Å². The van der Waals surface area contributed by atoms with Crippen molar-refractivity contribution < 1.29 is 13.2 Å². The third-order valence-corrected chi connectivity index (χ3v) is 7.17. The molecule has 1 atom stereocenters. The van der Waals surface area contributed by atoms with Crippen molar-refractivity contribution in [2.45, 2.75) is 26.3 Å². The number of hydrogen-bond acceptors (Lipinski definition) is 5. The summed E-state index contributed by atoms with van der Waals surface area (Å²) in [5.74, 6) is 0.285. The first-order chi connectivity index (χ1) is 11.7. The second kappa shape index (κ2) is 6.98. The topological polar surface area (TPSA) is 67.7 Å². The summed E-state index contributed by atoms with van der Waals surface area (Å²) in [6, 6.07) is 2.14. The summed E-state index contributed by atoms with van der Waals surface area (Å²) >= 11 is 0. The normalized spacial score (nSPS) is 25.0.